The molecule has 0 radical (unpaired) electrons. The second-order valence-corrected chi connectivity index (χ2v) is 17.1. The Hall–Kier alpha value is -3.86. The molecule has 3 aromatic heterocycles. The van der Waals surface area contributed by atoms with Crippen LogP contribution in [-0.4, -0.2) is 68.6 Å². The number of aromatic nitrogens is 5. The Morgan fingerprint density at radius 2 is 1.80 bits per heavy atom. The maximum Gasteiger partial charge on any atom is 0.333 e. The van der Waals surface area contributed by atoms with Crippen LogP contribution in [0.4, 0.5) is 0 Å². The fourth-order valence-corrected chi connectivity index (χ4v) is 9.48. The van der Waals surface area contributed by atoms with E-state index >= 15 is 0 Å². The van der Waals surface area contributed by atoms with Gasteiger partial charge < -0.3 is 14.2 Å². The van der Waals surface area contributed by atoms with Crippen LogP contribution in [0.15, 0.2) is 46.2 Å². The molecule has 2 bridgehead atoms. The molecule has 1 unspecified atom stereocenters. The van der Waals surface area contributed by atoms with E-state index in [0.717, 1.165) is 17.4 Å². The Labute approximate surface area is 287 Å². The van der Waals surface area contributed by atoms with Crippen LogP contribution in [0.3, 0.4) is 0 Å². The summed E-state index contributed by atoms with van der Waals surface area (Å²) >= 11 is 1.17. The van der Waals surface area contributed by atoms with Gasteiger partial charge in [-0.3, -0.25) is 18.9 Å². The third-order valence-electron chi connectivity index (χ3n) is 10.2. The van der Waals surface area contributed by atoms with Crippen LogP contribution >= 0.6 is 11.3 Å². The molecule has 16 heteroatoms. The minimum atomic E-state index is -4.06. The number of carbonyl (C=O) groups is 1. The number of methoxy groups -OCH3 is 1. The van der Waals surface area contributed by atoms with Crippen molar-refractivity contribution in [2.75, 3.05) is 7.11 Å². The lowest BCUT2D eigenvalue weighted by Gasteiger charge is -2.33. The molecule has 1 N–H and O–H groups in total. The van der Waals surface area contributed by atoms with Gasteiger partial charge in [-0.1, -0.05) is 29.5 Å². The highest BCUT2D eigenvalue weighted by molar-refractivity contribution is 7.91. The second-order valence-electron chi connectivity index (χ2n) is 13.9. The van der Waals surface area contributed by atoms with Crippen LogP contribution in [0, 0.1) is 6.92 Å². The number of benzene rings is 1. The number of aryl methyl sites for hydroxylation is 1. The third kappa shape index (κ3) is 5.81. The number of nitrogens with zero attached hydrogens (tertiary/aromatic N) is 5. The number of thiophene rings is 1. The van der Waals surface area contributed by atoms with Crippen LogP contribution in [-0.2, 0) is 36.4 Å². The molecule has 4 atom stereocenters. The number of sulfonamides is 1. The van der Waals surface area contributed by atoms with Crippen LogP contribution < -0.4 is 20.7 Å². The van der Waals surface area contributed by atoms with Gasteiger partial charge in [-0.25, -0.2) is 17.8 Å². The molecule has 2 saturated heterocycles. The van der Waals surface area contributed by atoms with Crippen molar-refractivity contribution in [3.63, 3.8) is 0 Å². The van der Waals surface area contributed by atoms with Crippen molar-refractivity contribution in [2.24, 2.45) is 0 Å². The molecule has 1 aromatic carbocycles. The summed E-state index contributed by atoms with van der Waals surface area (Å²) < 4.78 is 48.2. The first-order valence-electron chi connectivity index (χ1n) is 16.4. The Morgan fingerprint density at radius 1 is 1.14 bits per heavy atom. The molecule has 1 saturated carbocycles. The predicted octanol–water partition coefficient (Wildman–Crippen LogP) is 3.32. The maximum atomic E-state index is 14.7. The molecule has 7 rings (SSSR count). The number of fused-ring (bicyclic) bond motifs is 3. The van der Waals surface area contributed by atoms with Crippen molar-refractivity contribution in [3.05, 3.63) is 68.6 Å². The maximum absolute atomic E-state index is 14.7. The SMILES string of the molecule is COc1ccccc1[C@H](Cn1c(=O)n(C(C)(C)C(=O)NS(=O)(=O)C2(C)CC2)c(=O)c2c(C)c(-n3nccn3)sc21)OC1C[C@H]2CC[C@@H](C1)O2. The van der Waals surface area contributed by atoms with E-state index in [-0.39, 0.29) is 30.2 Å². The average molecular weight is 713 g/mol. The quantitative estimate of drug-likeness (QED) is 0.244. The van der Waals surface area contributed by atoms with E-state index in [1.807, 2.05) is 24.3 Å². The number of amides is 1. The number of rotatable bonds is 11. The van der Waals surface area contributed by atoms with Gasteiger partial charge in [0.25, 0.3) is 11.5 Å². The van der Waals surface area contributed by atoms with Gasteiger partial charge in [-0.15, -0.1) is 4.80 Å². The van der Waals surface area contributed by atoms with Gasteiger partial charge in [-0.2, -0.15) is 10.2 Å². The molecule has 3 aliphatic rings. The summed E-state index contributed by atoms with van der Waals surface area (Å²) in [5.74, 6) is -0.412. The number of carbonyl (C=O) groups excluding carboxylic acids is 1. The zero-order valence-electron chi connectivity index (χ0n) is 28.0. The van der Waals surface area contributed by atoms with Gasteiger partial charge in [0.2, 0.25) is 10.0 Å². The lowest BCUT2D eigenvalue weighted by molar-refractivity contribution is -0.126. The standard InChI is InChI=1S/C33H40N6O8S2/c1-19-26-27(40)38(32(2,3)30(41)36-49(43,44)33(4)12-13-33)31(42)37(29(26)48-28(19)39-34-14-15-35-39)18-25(23-8-6-7-9-24(23)45-5)47-22-16-20-10-11-21(17-22)46-20/h6-9,14-15,20-22,25H,10-13,16-18H2,1-5H3,(H,36,41)/t20-,21+,22?,25-/m0/s1. The lowest BCUT2D eigenvalue weighted by atomic mass is 10.0. The first-order chi connectivity index (χ1) is 23.2. The monoisotopic (exact) mass is 712 g/mol. The van der Waals surface area contributed by atoms with E-state index in [9.17, 15) is 22.8 Å². The smallest absolute Gasteiger partial charge is 0.333 e. The van der Waals surface area contributed by atoms with Crippen LogP contribution in [0.2, 0.25) is 0 Å². The summed E-state index contributed by atoms with van der Waals surface area (Å²) in [5.41, 5.74) is -2.20. The minimum Gasteiger partial charge on any atom is -0.496 e. The summed E-state index contributed by atoms with van der Waals surface area (Å²) in [5, 5.41) is 9.23. The van der Waals surface area contributed by atoms with Gasteiger partial charge >= 0.3 is 5.69 Å². The number of ether oxygens (including phenoxy) is 3. The van der Waals surface area contributed by atoms with Gasteiger partial charge in [0.05, 0.1) is 54.5 Å². The third-order valence-corrected chi connectivity index (χ3v) is 13.6. The van der Waals surface area contributed by atoms with Crippen molar-refractivity contribution in [2.45, 2.75) is 107 Å². The minimum absolute atomic E-state index is 0.0390. The molecule has 0 spiro atoms. The van der Waals surface area contributed by atoms with Crippen molar-refractivity contribution < 1.29 is 27.4 Å². The molecule has 2 aliphatic heterocycles. The molecular weight excluding hydrogens is 673 g/mol. The first-order valence-corrected chi connectivity index (χ1v) is 18.7. The van der Waals surface area contributed by atoms with Gasteiger partial charge in [0.15, 0.2) is 0 Å². The number of hydrogen-bond donors (Lipinski definition) is 1. The fourth-order valence-electron chi connectivity index (χ4n) is 6.88. The first kappa shape index (κ1) is 33.6. The highest BCUT2D eigenvalue weighted by Crippen LogP contribution is 2.43. The Bertz CT molecular complexity index is 2140. The van der Waals surface area contributed by atoms with E-state index in [1.54, 1.807) is 21.0 Å². The summed E-state index contributed by atoms with van der Waals surface area (Å²) in [6.45, 7) is 5.99. The zero-order chi connectivity index (χ0) is 34.9. The Kier molecular flexibility index (Phi) is 8.36. The Balaban J connectivity index is 1.39. The van der Waals surface area contributed by atoms with Crippen molar-refractivity contribution in [1.82, 2.24) is 28.9 Å². The van der Waals surface area contributed by atoms with Gasteiger partial charge in [-0.05, 0) is 72.3 Å². The van der Waals surface area contributed by atoms with Crippen LogP contribution in [0.25, 0.3) is 15.2 Å². The normalized spacial score (nSPS) is 22.3. The molecule has 49 heavy (non-hydrogen) atoms. The summed E-state index contributed by atoms with van der Waals surface area (Å²) in [7, 11) is -2.49. The Morgan fingerprint density at radius 3 is 2.43 bits per heavy atom. The number of hydrogen-bond acceptors (Lipinski definition) is 11. The lowest BCUT2D eigenvalue weighted by Crippen LogP contribution is -2.57. The van der Waals surface area contributed by atoms with Crippen LogP contribution in [0.1, 0.15) is 76.5 Å². The van der Waals surface area contributed by atoms with E-state index in [0.29, 0.717) is 52.4 Å². The summed E-state index contributed by atoms with van der Waals surface area (Å²) in [6, 6.07) is 7.42. The second kappa shape index (κ2) is 12.2. The molecule has 262 valence electrons. The summed E-state index contributed by atoms with van der Waals surface area (Å²) in [4.78, 5) is 44.6. The van der Waals surface area contributed by atoms with Crippen molar-refractivity contribution in [3.8, 4) is 10.8 Å². The van der Waals surface area contributed by atoms with Crippen molar-refractivity contribution >= 4 is 37.5 Å². The predicted molar refractivity (Wildman–Crippen MR) is 182 cm³/mol. The van der Waals surface area contributed by atoms with E-state index in [2.05, 4.69) is 14.9 Å². The number of nitrogens with one attached hydrogen (secondary N) is 1. The van der Waals surface area contributed by atoms with Crippen molar-refractivity contribution in [1.29, 1.82) is 0 Å². The van der Waals surface area contributed by atoms with Gasteiger partial charge in [0.1, 0.15) is 27.2 Å². The van der Waals surface area contributed by atoms with E-state index in [4.69, 9.17) is 14.2 Å². The average Bonchev–Trinajstić information content (AvgIpc) is 3.35. The molecular formula is C33H40N6O8S2. The molecule has 1 amide bonds. The number of para-hydroxylation sites is 1. The fraction of sp³-hybridized carbons (Fsp3) is 0.545. The molecule has 1 aliphatic carbocycles. The topological polar surface area (TPSA) is 166 Å². The summed E-state index contributed by atoms with van der Waals surface area (Å²) in [6.07, 6.45) is 6.56. The highest BCUT2D eigenvalue weighted by Gasteiger charge is 2.52. The van der Waals surface area contributed by atoms with Crippen LogP contribution in [0.5, 0.6) is 5.75 Å². The zero-order valence-corrected chi connectivity index (χ0v) is 29.7. The largest absolute Gasteiger partial charge is 0.496 e. The molecule has 4 aromatic rings. The molecule has 3 fully saturated rings. The highest BCUT2D eigenvalue weighted by atomic mass is 32.2. The van der Waals surface area contributed by atoms with E-state index < -0.39 is 43.6 Å². The van der Waals surface area contributed by atoms with Gasteiger partial charge in [0, 0.05) is 11.1 Å². The molecule has 14 nitrogen and oxygen atoms in total. The molecule has 5 heterocycles. The van der Waals surface area contributed by atoms with E-state index in [1.165, 1.54) is 46.9 Å².